The van der Waals surface area contributed by atoms with Gasteiger partial charge in [-0.05, 0) is 56.5 Å². The van der Waals surface area contributed by atoms with E-state index in [0.717, 1.165) is 17.7 Å². The molecule has 0 aliphatic heterocycles. The third-order valence-corrected chi connectivity index (χ3v) is 7.49. The highest BCUT2D eigenvalue weighted by molar-refractivity contribution is 7.89. The average molecular weight is 524 g/mol. The third kappa shape index (κ3) is 5.38. The predicted molar refractivity (Wildman–Crippen MR) is 128 cm³/mol. The lowest BCUT2D eigenvalue weighted by molar-refractivity contribution is -0.144. The van der Waals surface area contributed by atoms with Crippen molar-refractivity contribution >= 4 is 39.2 Å². The van der Waals surface area contributed by atoms with Crippen LogP contribution in [0.1, 0.15) is 37.1 Å². The zero-order valence-electron chi connectivity index (χ0n) is 18.3. The first-order valence-electron chi connectivity index (χ1n) is 10.7. The maximum Gasteiger partial charge on any atom is 0.327 e. The number of benzene rings is 2. The monoisotopic (exact) mass is 523 g/mol. The molecule has 1 N–H and O–H groups in total. The summed E-state index contributed by atoms with van der Waals surface area (Å²) >= 11 is 12.4. The summed E-state index contributed by atoms with van der Waals surface area (Å²) in [6.45, 7) is 2.02. The third-order valence-electron chi connectivity index (χ3n) is 5.41. The van der Waals surface area contributed by atoms with E-state index in [9.17, 15) is 13.2 Å². The lowest BCUT2D eigenvalue weighted by atomic mass is 9.94. The fourth-order valence-corrected chi connectivity index (χ4v) is 5.57. The van der Waals surface area contributed by atoms with Crippen LogP contribution in [0.15, 0.2) is 53.6 Å². The highest BCUT2D eigenvalue weighted by Crippen LogP contribution is 2.36. The Morgan fingerprint density at radius 2 is 1.94 bits per heavy atom. The standard InChI is InChI=1S/C23H23Cl2N3O5S/c1-2-32-23(29)14-28-20-8-5-7-19(16(20)13-26-28)27-34(30,31)15-10-11-22(18(25)12-15)33-21-9-4-3-6-17(21)24/h3-4,6,9-13,19,27H,2,5,7-8,14H2,1H3. The lowest BCUT2D eigenvalue weighted by Gasteiger charge is -2.24. The predicted octanol–water partition coefficient (Wildman–Crippen LogP) is 4.90. The molecule has 1 unspecified atom stereocenters. The van der Waals surface area contributed by atoms with Gasteiger partial charge in [0.05, 0.1) is 33.8 Å². The number of carbonyl (C=O) groups is 1. The van der Waals surface area contributed by atoms with Gasteiger partial charge in [-0.3, -0.25) is 9.48 Å². The van der Waals surface area contributed by atoms with Crippen LogP contribution in [0.4, 0.5) is 0 Å². The Kier molecular flexibility index (Phi) is 7.47. The van der Waals surface area contributed by atoms with E-state index in [-0.39, 0.29) is 34.8 Å². The van der Waals surface area contributed by atoms with Crippen LogP contribution in [0.5, 0.6) is 11.5 Å². The molecule has 1 aliphatic rings. The first-order chi connectivity index (χ1) is 16.3. The van der Waals surface area contributed by atoms with Gasteiger partial charge >= 0.3 is 5.97 Å². The number of para-hydroxylation sites is 1. The molecule has 2 aromatic carbocycles. The van der Waals surface area contributed by atoms with Gasteiger partial charge in [0.15, 0.2) is 0 Å². The van der Waals surface area contributed by atoms with E-state index in [1.165, 1.54) is 18.2 Å². The van der Waals surface area contributed by atoms with E-state index >= 15 is 0 Å². The summed E-state index contributed by atoms with van der Waals surface area (Å²) in [5, 5.41) is 4.82. The molecule has 180 valence electrons. The number of hydrogen-bond acceptors (Lipinski definition) is 6. The molecule has 0 spiro atoms. The molecule has 11 heteroatoms. The van der Waals surface area contributed by atoms with E-state index in [1.54, 1.807) is 42.1 Å². The summed E-state index contributed by atoms with van der Waals surface area (Å²) in [4.78, 5) is 11.9. The van der Waals surface area contributed by atoms with Crippen LogP contribution in [0.2, 0.25) is 10.0 Å². The molecule has 3 aromatic rings. The Morgan fingerprint density at radius 1 is 1.18 bits per heavy atom. The van der Waals surface area contributed by atoms with Crippen molar-refractivity contribution in [1.29, 1.82) is 0 Å². The van der Waals surface area contributed by atoms with Crippen molar-refractivity contribution < 1.29 is 22.7 Å². The highest BCUT2D eigenvalue weighted by atomic mass is 35.5. The SMILES string of the molecule is CCOC(=O)Cn1ncc2c1CCCC2NS(=O)(=O)c1ccc(Oc2ccccc2Cl)c(Cl)c1. The van der Waals surface area contributed by atoms with Crippen LogP contribution in [-0.2, 0) is 32.5 Å². The van der Waals surface area contributed by atoms with Crippen LogP contribution >= 0.6 is 23.2 Å². The largest absolute Gasteiger partial charge is 0.465 e. The van der Waals surface area contributed by atoms with Gasteiger partial charge in [0.2, 0.25) is 10.0 Å². The fourth-order valence-electron chi connectivity index (χ4n) is 3.84. The summed E-state index contributed by atoms with van der Waals surface area (Å²) < 4.78 is 41.3. The van der Waals surface area contributed by atoms with Gasteiger partial charge in [-0.1, -0.05) is 35.3 Å². The molecule has 4 rings (SSSR count). The maximum atomic E-state index is 13.1. The Hall–Kier alpha value is -2.59. The Balaban J connectivity index is 1.52. The Morgan fingerprint density at radius 3 is 2.68 bits per heavy atom. The van der Waals surface area contributed by atoms with Crippen molar-refractivity contribution in [2.45, 2.75) is 43.7 Å². The number of sulfonamides is 1. The van der Waals surface area contributed by atoms with Crippen LogP contribution in [0.3, 0.4) is 0 Å². The van der Waals surface area contributed by atoms with Crippen molar-refractivity contribution in [1.82, 2.24) is 14.5 Å². The number of carbonyl (C=O) groups excluding carboxylic acids is 1. The average Bonchev–Trinajstić information content (AvgIpc) is 3.20. The van der Waals surface area contributed by atoms with Gasteiger partial charge in [-0.25, -0.2) is 13.1 Å². The molecular weight excluding hydrogens is 501 g/mol. The van der Waals surface area contributed by atoms with Gasteiger partial charge in [0.25, 0.3) is 0 Å². The smallest absolute Gasteiger partial charge is 0.327 e. The number of aromatic nitrogens is 2. The molecule has 1 aliphatic carbocycles. The minimum atomic E-state index is -3.89. The topological polar surface area (TPSA) is 99.5 Å². The van der Waals surface area contributed by atoms with Gasteiger partial charge in [0.1, 0.15) is 18.0 Å². The molecular formula is C23H23Cl2N3O5S. The Labute approximate surface area is 207 Å². The summed E-state index contributed by atoms with van der Waals surface area (Å²) in [6.07, 6.45) is 3.67. The molecule has 0 radical (unpaired) electrons. The van der Waals surface area contributed by atoms with Crippen LogP contribution in [0.25, 0.3) is 0 Å². The second-order valence-electron chi connectivity index (χ2n) is 7.70. The van der Waals surface area contributed by atoms with Crippen molar-refractivity contribution in [2.75, 3.05) is 6.61 Å². The van der Waals surface area contributed by atoms with Gasteiger partial charge < -0.3 is 9.47 Å². The molecule has 8 nitrogen and oxygen atoms in total. The molecule has 0 saturated heterocycles. The summed E-state index contributed by atoms with van der Waals surface area (Å²) in [6, 6.07) is 10.7. The number of hydrogen-bond donors (Lipinski definition) is 1. The second kappa shape index (κ2) is 10.4. The normalized spacial score (nSPS) is 15.6. The Bertz CT molecular complexity index is 1310. The summed E-state index contributed by atoms with van der Waals surface area (Å²) in [7, 11) is -3.89. The number of nitrogens with one attached hydrogen (secondary N) is 1. The van der Waals surface area contributed by atoms with Crippen molar-refractivity contribution in [3.8, 4) is 11.5 Å². The first kappa shape index (κ1) is 24.5. The van der Waals surface area contributed by atoms with Crippen LogP contribution < -0.4 is 9.46 Å². The van der Waals surface area contributed by atoms with Crippen molar-refractivity contribution in [3.05, 3.63) is 70.0 Å². The van der Waals surface area contributed by atoms with Crippen LogP contribution in [-0.4, -0.2) is 30.8 Å². The summed E-state index contributed by atoms with van der Waals surface area (Å²) in [5.41, 5.74) is 1.58. The zero-order chi connectivity index (χ0) is 24.3. The molecule has 0 saturated carbocycles. The molecule has 0 bridgehead atoms. The summed E-state index contributed by atoms with van der Waals surface area (Å²) in [5.74, 6) is 0.313. The molecule has 1 heterocycles. The number of fused-ring (bicyclic) bond motifs is 1. The number of esters is 1. The molecule has 34 heavy (non-hydrogen) atoms. The van der Waals surface area contributed by atoms with Gasteiger partial charge in [-0.2, -0.15) is 5.10 Å². The quantitative estimate of drug-likeness (QED) is 0.421. The van der Waals surface area contributed by atoms with E-state index in [0.29, 0.717) is 23.6 Å². The van der Waals surface area contributed by atoms with Crippen LogP contribution in [0, 0.1) is 0 Å². The first-order valence-corrected chi connectivity index (χ1v) is 13.0. The molecule has 0 amide bonds. The van der Waals surface area contributed by atoms with E-state index in [4.69, 9.17) is 32.7 Å². The molecule has 1 atom stereocenters. The zero-order valence-corrected chi connectivity index (χ0v) is 20.7. The second-order valence-corrected chi connectivity index (χ2v) is 10.2. The van der Waals surface area contributed by atoms with E-state index in [1.807, 2.05) is 0 Å². The highest BCUT2D eigenvalue weighted by Gasteiger charge is 2.29. The number of nitrogens with zero attached hydrogens (tertiary/aromatic N) is 2. The fraction of sp³-hybridized carbons (Fsp3) is 0.304. The van der Waals surface area contributed by atoms with Gasteiger partial charge in [-0.15, -0.1) is 0 Å². The number of ether oxygens (including phenoxy) is 2. The van der Waals surface area contributed by atoms with Gasteiger partial charge in [0, 0.05) is 11.3 Å². The van der Waals surface area contributed by atoms with Crippen molar-refractivity contribution in [3.63, 3.8) is 0 Å². The molecule has 0 fully saturated rings. The lowest BCUT2D eigenvalue weighted by Crippen LogP contribution is -2.31. The van der Waals surface area contributed by atoms with E-state index in [2.05, 4.69) is 9.82 Å². The number of rotatable bonds is 8. The minimum absolute atomic E-state index is 0.00879. The number of halogens is 2. The minimum Gasteiger partial charge on any atom is -0.465 e. The maximum absolute atomic E-state index is 13.1. The van der Waals surface area contributed by atoms with Crippen molar-refractivity contribution in [2.24, 2.45) is 0 Å². The molecule has 1 aromatic heterocycles. The van der Waals surface area contributed by atoms with E-state index < -0.39 is 16.1 Å².